The van der Waals surface area contributed by atoms with Crippen molar-refractivity contribution in [3.05, 3.63) is 41.2 Å². The molecule has 168 valence electrons. The normalized spacial score (nSPS) is 11.4. The molecule has 0 N–H and O–H groups in total. The summed E-state index contributed by atoms with van der Waals surface area (Å²) in [7, 11) is 0. The highest BCUT2D eigenvalue weighted by Crippen LogP contribution is 2.20. The molecule has 0 aromatic carbocycles. The number of hydrogen-bond donors (Lipinski definition) is 0. The van der Waals surface area contributed by atoms with E-state index in [4.69, 9.17) is 8.83 Å². The average Bonchev–Trinajstić information content (AvgIpc) is 3.53. The molecule has 32 heavy (non-hydrogen) atoms. The van der Waals surface area contributed by atoms with Crippen molar-refractivity contribution in [2.75, 3.05) is 12.8 Å². The van der Waals surface area contributed by atoms with Crippen molar-refractivity contribution in [1.29, 1.82) is 0 Å². The average molecular weight is 456 g/mol. The zero-order chi connectivity index (χ0) is 22.7. The van der Waals surface area contributed by atoms with Gasteiger partial charge in [0, 0.05) is 24.4 Å². The van der Waals surface area contributed by atoms with Crippen molar-refractivity contribution in [2.45, 2.75) is 51.7 Å². The topological polar surface area (TPSA) is 115 Å². The van der Waals surface area contributed by atoms with E-state index in [-0.39, 0.29) is 12.5 Å². The van der Waals surface area contributed by atoms with E-state index in [2.05, 4.69) is 25.3 Å². The van der Waals surface area contributed by atoms with Crippen LogP contribution in [0.5, 0.6) is 0 Å². The fourth-order valence-corrected chi connectivity index (χ4v) is 3.91. The first-order valence-corrected chi connectivity index (χ1v) is 11.6. The monoisotopic (exact) mass is 455 g/mol. The third-order valence-electron chi connectivity index (χ3n) is 5.17. The van der Waals surface area contributed by atoms with Crippen molar-refractivity contribution < 1.29 is 13.6 Å². The Labute approximate surface area is 189 Å². The maximum atomic E-state index is 13.0. The molecule has 4 aromatic heterocycles. The summed E-state index contributed by atoms with van der Waals surface area (Å²) >= 11 is 1.47. The standard InChI is InChI=1S/C21H25N7O3S/c1-5-10-27(12-17-24-25-19(31-17)16-7-6-11-30-16)18(29)9-8-15-13(2)22-20-23-21(32-4)26-28(20)14(15)3/h6-7,11H,5,8-10,12H2,1-4H3. The Bertz CT molecular complexity index is 1220. The number of aryl methyl sites for hydroxylation is 2. The number of fused-ring (bicyclic) bond motifs is 1. The molecule has 0 fully saturated rings. The molecule has 0 bridgehead atoms. The number of furan rings is 1. The molecule has 0 saturated carbocycles. The third-order valence-corrected chi connectivity index (χ3v) is 5.71. The molecule has 1 amide bonds. The smallest absolute Gasteiger partial charge is 0.283 e. The molecule has 0 atom stereocenters. The Morgan fingerprint density at radius 3 is 2.81 bits per heavy atom. The number of hydrogen-bond acceptors (Lipinski definition) is 9. The molecule has 11 heteroatoms. The minimum atomic E-state index is 0.0203. The van der Waals surface area contributed by atoms with Crippen LogP contribution in [0.1, 0.15) is 42.6 Å². The molecule has 0 aliphatic rings. The van der Waals surface area contributed by atoms with Crippen LogP contribution in [0, 0.1) is 13.8 Å². The van der Waals surface area contributed by atoms with E-state index < -0.39 is 0 Å². The highest BCUT2D eigenvalue weighted by molar-refractivity contribution is 7.98. The molecular formula is C21H25N7O3S. The summed E-state index contributed by atoms with van der Waals surface area (Å²) in [5, 5.41) is 13.2. The Morgan fingerprint density at radius 1 is 1.25 bits per heavy atom. The van der Waals surface area contributed by atoms with Crippen LogP contribution in [0.4, 0.5) is 0 Å². The zero-order valence-electron chi connectivity index (χ0n) is 18.5. The van der Waals surface area contributed by atoms with Gasteiger partial charge in [0.1, 0.15) is 0 Å². The third kappa shape index (κ3) is 4.52. The van der Waals surface area contributed by atoms with Crippen LogP contribution >= 0.6 is 11.8 Å². The molecule has 0 spiro atoms. The first-order chi connectivity index (χ1) is 15.5. The lowest BCUT2D eigenvalue weighted by atomic mass is 10.1. The first-order valence-electron chi connectivity index (χ1n) is 10.4. The molecule has 4 rings (SSSR count). The van der Waals surface area contributed by atoms with Gasteiger partial charge in [-0.2, -0.15) is 4.98 Å². The molecule has 0 aliphatic heterocycles. The molecule has 4 aromatic rings. The molecule has 0 radical (unpaired) electrons. The van der Waals surface area contributed by atoms with Crippen molar-refractivity contribution >= 4 is 23.4 Å². The van der Waals surface area contributed by atoms with Crippen LogP contribution < -0.4 is 0 Å². The first kappa shape index (κ1) is 22.0. The Kier molecular flexibility index (Phi) is 6.54. The fraction of sp³-hybridized carbons (Fsp3) is 0.429. The summed E-state index contributed by atoms with van der Waals surface area (Å²) in [6, 6.07) is 3.50. The predicted molar refractivity (Wildman–Crippen MR) is 118 cm³/mol. The van der Waals surface area contributed by atoms with Crippen molar-refractivity contribution in [3.8, 4) is 11.7 Å². The van der Waals surface area contributed by atoms with Gasteiger partial charge in [0.25, 0.3) is 11.7 Å². The lowest BCUT2D eigenvalue weighted by Gasteiger charge is -2.20. The highest BCUT2D eigenvalue weighted by atomic mass is 32.2. The van der Waals surface area contributed by atoms with Gasteiger partial charge >= 0.3 is 0 Å². The van der Waals surface area contributed by atoms with Gasteiger partial charge in [-0.15, -0.1) is 15.3 Å². The Morgan fingerprint density at radius 2 is 2.09 bits per heavy atom. The summed E-state index contributed by atoms with van der Waals surface area (Å²) in [6.07, 6.45) is 5.21. The van der Waals surface area contributed by atoms with Crippen LogP contribution in [-0.4, -0.2) is 53.4 Å². The SMILES string of the molecule is CCCN(Cc1nnc(-c2ccco2)o1)C(=O)CCc1c(C)nc2nc(SC)nn2c1C. The van der Waals surface area contributed by atoms with Crippen molar-refractivity contribution in [3.63, 3.8) is 0 Å². The Balaban J connectivity index is 1.46. The van der Waals surface area contributed by atoms with Gasteiger partial charge < -0.3 is 13.7 Å². The van der Waals surface area contributed by atoms with E-state index in [1.165, 1.54) is 11.8 Å². The maximum Gasteiger partial charge on any atom is 0.283 e. The van der Waals surface area contributed by atoms with E-state index in [0.717, 1.165) is 23.4 Å². The van der Waals surface area contributed by atoms with Gasteiger partial charge in [-0.1, -0.05) is 18.7 Å². The second-order valence-electron chi connectivity index (χ2n) is 7.37. The lowest BCUT2D eigenvalue weighted by Crippen LogP contribution is -2.31. The second-order valence-corrected chi connectivity index (χ2v) is 8.14. The Hall–Kier alpha value is -3.21. The van der Waals surface area contributed by atoms with Crippen LogP contribution in [0.3, 0.4) is 0 Å². The summed E-state index contributed by atoms with van der Waals surface area (Å²) in [5.41, 5.74) is 2.83. The fourth-order valence-electron chi connectivity index (χ4n) is 3.57. The number of thioether (sulfide) groups is 1. The minimum Gasteiger partial charge on any atom is -0.459 e. The molecular weight excluding hydrogens is 430 g/mol. The van der Waals surface area contributed by atoms with Gasteiger partial charge in [-0.25, -0.2) is 9.50 Å². The van der Waals surface area contributed by atoms with Gasteiger partial charge in [0.05, 0.1) is 12.8 Å². The van der Waals surface area contributed by atoms with E-state index in [9.17, 15) is 4.79 Å². The van der Waals surface area contributed by atoms with Gasteiger partial charge in [0.2, 0.25) is 17.0 Å². The van der Waals surface area contributed by atoms with Gasteiger partial charge in [-0.05, 0) is 50.6 Å². The largest absolute Gasteiger partial charge is 0.459 e. The summed E-state index contributed by atoms with van der Waals surface area (Å²) in [6.45, 7) is 6.82. The minimum absolute atomic E-state index is 0.0203. The lowest BCUT2D eigenvalue weighted by molar-refractivity contribution is -0.132. The summed E-state index contributed by atoms with van der Waals surface area (Å²) in [4.78, 5) is 23.8. The second kappa shape index (κ2) is 9.51. The summed E-state index contributed by atoms with van der Waals surface area (Å²) in [5.74, 6) is 1.78. The molecule has 0 saturated heterocycles. The quantitative estimate of drug-likeness (QED) is 0.350. The van der Waals surface area contributed by atoms with Crippen molar-refractivity contribution in [1.82, 2.24) is 34.7 Å². The van der Waals surface area contributed by atoms with Crippen LogP contribution in [0.15, 0.2) is 32.4 Å². The molecule has 4 heterocycles. The predicted octanol–water partition coefficient (Wildman–Crippen LogP) is 3.48. The van der Waals surface area contributed by atoms with E-state index in [1.54, 1.807) is 27.8 Å². The van der Waals surface area contributed by atoms with Gasteiger partial charge in [-0.3, -0.25) is 4.79 Å². The van der Waals surface area contributed by atoms with Crippen LogP contribution in [0.25, 0.3) is 17.4 Å². The van der Waals surface area contributed by atoms with Gasteiger partial charge in [0.15, 0.2) is 5.76 Å². The maximum absolute atomic E-state index is 13.0. The number of carbonyl (C=O) groups excluding carboxylic acids is 1. The van der Waals surface area contributed by atoms with Crippen LogP contribution in [0.2, 0.25) is 0 Å². The zero-order valence-corrected chi connectivity index (χ0v) is 19.3. The molecule has 0 aliphatic carbocycles. The highest BCUT2D eigenvalue weighted by Gasteiger charge is 2.20. The van der Waals surface area contributed by atoms with E-state index in [0.29, 0.717) is 47.9 Å². The number of carbonyl (C=O) groups is 1. The summed E-state index contributed by atoms with van der Waals surface area (Å²) < 4.78 is 12.7. The number of nitrogens with zero attached hydrogens (tertiary/aromatic N) is 7. The van der Waals surface area contributed by atoms with E-state index >= 15 is 0 Å². The molecule has 10 nitrogen and oxygen atoms in total. The number of aromatic nitrogens is 6. The number of rotatable bonds is 9. The number of amides is 1. The van der Waals surface area contributed by atoms with Crippen LogP contribution in [-0.2, 0) is 17.8 Å². The van der Waals surface area contributed by atoms with E-state index in [1.807, 2.05) is 27.0 Å². The van der Waals surface area contributed by atoms with Crippen molar-refractivity contribution in [2.24, 2.45) is 0 Å². The molecule has 0 unspecified atom stereocenters.